The van der Waals surface area contributed by atoms with Crippen LogP contribution in [0.3, 0.4) is 0 Å². The topological polar surface area (TPSA) is 306 Å². The Labute approximate surface area is 585 Å². The number of nitrogens with one attached hydrogen (secondary N) is 5. The number of aromatic amines is 3. The van der Waals surface area contributed by atoms with E-state index < -0.39 is 23.4 Å². The Balaban J connectivity index is 0.000000164. The highest BCUT2D eigenvalue weighted by atomic mass is 35.5. The van der Waals surface area contributed by atoms with E-state index in [2.05, 4.69) is 71.1 Å². The summed E-state index contributed by atoms with van der Waals surface area (Å²) in [4.78, 5) is 72.7. The maximum atomic E-state index is 12.5. The van der Waals surface area contributed by atoms with Gasteiger partial charge in [-0.05, 0) is 152 Å². The molecule has 25 nitrogen and oxygen atoms in total. The number of aryl methyl sites for hydroxylation is 5. The maximum absolute atomic E-state index is 12.5. The van der Waals surface area contributed by atoms with E-state index in [0.29, 0.717) is 82.6 Å². The van der Waals surface area contributed by atoms with E-state index in [1.165, 1.54) is 0 Å². The molecule has 0 aliphatic heterocycles. The Morgan fingerprint density at radius 1 is 0.475 bits per heavy atom. The van der Waals surface area contributed by atoms with Gasteiger partial charge in [-0.15, -0.1) is 0 Å². The summed E-state index contributed by atoms with van der Waals surface area (Å²) in [6.07, 6.45) is 4.09. The van der Waals surface area contributed by atoms with Crippen LogP contribution in [0.2, 0.25) is 5.02 Å². The fourth-order valence-corrected chi connectivity index (χ4v) is 11.9. The smallest absolute Gasteiger partial charge is 0.407 e. The van der Waals surface area contributed by atoms with E-state index in [9.17, 15) is 24.0 Å². The molecule has 0 saturated heterocycles. The number of carbonyl (C=O) groups excluding carboxylic acids is 2. The number of alkyl carbamates (subject to hydrolysis) is 2. The first-order chi connectivity index (χ1) is 47.9. The summed E-state index contributed by atoms with van der Waals surface area (Å²) in [5.74, 6) is 0. The number of carbonyl (C=O) groups is 2. The molecular weight excluding hydrogens is 1300 g/mol. The first kappa shape index (κ1) is 71.4. The maximum Gasteiger partial charge on any atom is 0.407 e. The summed E-state index contributed by atoms with van der Waals surface area (Å²) in [7, 11) is 5.51. The summed E-state index contributed by atoms with van der Waals surface area (Å²) >= 11 is 6.26. The molecule has 26 heteroatoms. The van der Waals surface area contributed by atoms with Gasteiger partial charge in [0.05, 0.1) is 102 Å². The monoisotopic (exact) mass is 1370 g/mol. The minimum atomic E-state index is -0.640. The molecular formula is C75H73ClN18O7. The Bertz CT molecular complexity index is 5380. The number of hydrogen-bond donors (Lipinski definition) is 6. The third-order valence-corrected chi connectivity index (χ3v) is 17.4. The van der Waals surface area contributed by atoms with Gasteiger partial charge in [-0.25, -0.2) is 39.4 Å². The fraction of sp³-hybridized carbons (Fsp3) is 0.253. The molecule has 0 fully saturated rings. The highest BCUT2D eigenvalue weighted by molar-refractivity contribution is 6.32. The number of fused-ring (bicyclic) bond motifs is 3. The number of rotatable bonds is 11. The first-order valence-electron chi connectivity index (χ1n) is 31.8. The van der Waals surface area contributed by atoms with Gasteiger partial charge in [0.25, 0.3) is 16.7 Å². The van der Waals surface area contributed by atoms with Crippen LogP contribution >= 0.6 is 11.6 Å². The third kappa shape index (κ3) is 14.9. The molecule has 101 heavy (non-hydrogen) atoms. The SMILES string of the molecule is [C-]#[N+]c1c(-c2c(-c3ccc4c(=O)[nH]nc(CN)c4c3)cnn2C)ccc(C)c1C.[C-]#[N+]c1c(-c2c(-c3ccc4c(=O)[nH]nc(CNC(=O)OC(C)(C)C)c4c3)cnn2C)ccc(C)c1C.[C-]#[N+]c1c(-c2c(-c3ccc4c(=O)[nH]nc(CNC(=O)OC(C)(C)C)c4c3)cnn2C)ccc(Cl)c1C. The van der Waals surface area contributed by atoms with Gasteiger partial charge in [0.2, 0.25) is 5.69 Å². The number of ether oxygens (including phenoxy) is 2. The second-order valence-electron chi connectivity index (χ2n) is 26.0. The van der Waals surface area contributed by atoms with Crippen molar-refractivity contribution in [2.45, 2.75) is 107 Å². The molecule has 0 radical (unpaired) electrons. The largest absolute Gasteiger partial charge is 0.444 e. The zero-order valence-electron chi connectivity index (χ0n) is 58.2. The minimum Gasteiger partial charge on any atom is -0.444 e. The number of nitrogens with zero attached hydrogens (tertiary/aromatic N) is 12. The lowest BCUT2D eigenvalue weighted by Crippen LogP contribution is -2.32. The molecule has 0 bridgehead atoms. The molecule has 512 valence electrons. The van der Waals surface area contributed by atoms with Crippen molar-refractivity contribution in [2.24, 2.45) is 26.9 Å². The van der Waals surface area contributed by atoms with Crippen molar-refractivity contribution < 1.29 is 19.1 Å². The minimum absolute atomic E-state index is 0.0593. The lowest BCUT2D eigenvalue weighted by Gasteiger charge is -2.19. The van der Waals surface area contributed by atoms with Crippen LogP contribution in [0.4, 0.5) is 26.7 Å². The van der Waals surface area contributed by atoms with Crippen molar-refractivity contribution in [2.75, 3.05) is 0 Å². The molecule has 6 aromatic heterocycles. The molecule has 12 rings (SSSR count). The normalized spacial score (nSPS) is 11.3. The van der Waals surface area contributed by atoms with Crippen LogP contribution < -0.4 is 33.0 Å². The van der Waals surface area contributed by atoms with Crippen LogP contribution in [-0.2, 0) is 50.3 Å². The molecule has 0 spiro atoms. The van der Waals surface area contributed by atoms with Crippen LogP contribution in [0, 0.1) is 54.3 Å². The van der Waals surface area contributed by atoms with Crippen molar-refractivity contribution >= 4 is 73.2 Å². The van der Waals surface area contributed by atoms with Gasteiger partial charge < -0.3 is 25.8 Å². The number of nitrogens with two attached hydrogens (primary N) is 1. The van der Waals surface area contributed by atoms with Crippen molar-refractivity contribution in [1.82, 2.24) is 70.6 Å². The van der Waals surface area contributed by atoms with Crippen molar-refractivity contribution in [3.8, 4) is 67.2 Å². The van der Waals surface area contributed by atoms with E-state index in [1.54, 1.807) is 105 Å². The van der Waals surface area contributed by atoms with E-state index in [1.807, 2.05) is 115 Å². The highest BCUT2D eigenvalue weighted by Gasteiger charge is 2.25. The van der Waals surface area contributed by atoms with E-state index in [4.69, 9.17) is 46.5 Å². The summed E-state index contributed by atoms with van der Waals surface area (Å²) in [6, 6.07) is 27.9. The molecule has 7 N–H and O–H groups in total. The van der Waals surface area contributed by atoms with Gasteiger partial charge in [-0.1, -0.05) is 71.3 Å². The van der Waals surface area contributed by atoms with Crippen molar-refractivity contribution in [1.29, 1.82) is 0 Å². The number of amides is 2. The van der Waals surface area contributed by atoms with Crippen molar-refractivity contribution in [3.63, 3.8) is 0 Å². The first-order valence-corrected chi connectivity index (χ1v) is 32.2. The second kappa shape index (κ2) is 29.0. The van der Waals surface area contributed by atoms with Crippen LogP contribution in [0.1, 0.15) is 86.4 Å². The predicted molar refractivity (Wildman–Crippen MR) is 392 cm³/mol. The summed E-state index contributed by atoms with van der Waals surface area (Å²) < 4.78 is 15.8. The summed E-state index contributed by atoms with van der Waals surface area (Å²) in [5, 5.41) is 42.5. The molecule has 2 amide bonds. The third-order valence-electron chi connectivity index (χ3n) is 17.0. The highest BCUT2D eigenvalue weighted by Crippen LogP contribution is 2.44. The van der Waals surface area contributed by atoms with Crippen LogP contribution in [0.25, 0.3) is 114 Å². The van der Waals surface area contributed by atoms with E-state index in [0.717, 1.165) is 83.8 Å². The van der Waals surface area contributed by atoms with Crippen LogP contribution in [-0.4, -0.2) is 83.3 Å². The molecule has 0 saturated carbocycles. The Morgan fingerprint density at radius 2 is 0.792 bits per heavy atom. The van der Waals surface area contributed by atoms with Crippen molar-refractivity contribution in [3.05, 3.63) is 225 Å². The lowest BCUT2D eigenvalue weighted by atomic mass is 9.95. The molecule has 12 aromatic rings. The van der Waals surface area contributed by atoms with Gasteiger partial charge in [0, 0.05) is 82.2 Å². The molecule has 0 aliphatic carbocycles. The van der Waals surface area contributed by atoms with Crippen LogP contribution in [0.15, 0.2) is 124 Å². The average Bonchev–Trinajstić information content (AvgIpc) is 1.73. The number of halogens is 1. The van der Waals surface area contributed by atoms with Gasteiger partial charge in [0.1, 0.15) is 11.2 Å². The van der Waals surface area contributed by atoms with Gasteiger partial charge in [-0.2, -0.15) is 30.6 Å². The average molecular weight is 1370 g/mol. The Kier molecular flexibility index (Phi) is 20.5. The zero-order chi connectivity index (χ0) is 73.1. The number of H-pyrrole nitrogens is 3. The van der Waals surface area contributed by atoms with Gasteiger partial charge in [0.15, 0.2) is 11.4 Å². The summed E-state index contributed by atoms with van der Waals surface area (Å²) in [6.45, 7) is 43.9. The standard InChI is InChI=1S/C27H28N6O3.C26H25ClN6O3.C22H20N6O/c1-15-8-10-19(23(28-6)16(15)2)24-21(13-30-33(24)7)17-9-11-18-20(12-17)22(31-32-25(18)34)14-29-26(35)36-27(3,4)5;1-14-20(27)10-9-17(22(14)28-5)23-19(12-30-33(23)6)15-7-8-16-18(11-15)21(31-32-24(16)34)13-29-25(35)36-26(2,3)4;1-12-5-7-16(20(24-3)13(12)2)21-18(11-25-28(21)4)14-6-8-15-17(9-14)19(10-23)26-27-22(15)29/h8-13H,14H2,1-5,7H3,(H,29,35)(H,32,34);7-12H,13H2,1-4,6H3,(H,29,35)(H,32,34);5-9,11H,10,23H2,1-2,4H3,(H,27,29). The number of aromatic nitrogens is 12. The number of benzene rings is 6. The van der Waals surface area contributed by atoms with Gasteiger partial charge in [-0.3, -0.25) is 28.4 Å². The van der Waals surface area contributed by atoms with Crippen LogP contribution in [0.5, 0.6) is 0 Å². The quantitative estimate of drug-likeness (QED) is 0.0656. The van der Waals surface area contributed by atoms with Gasteiger partial charge >= 0.3 is 12.2 Å². The molecule has 0 atom stereocenters. The predicted octanol–water partition coefficient (Wildman–Crippen LogP) is 14.3. The van der Waals surface area contributed by atoms with E-state index in [-0.39, 0.29) is 36.3 Å². The second-order valence-corrected chi connectivity index (χ2v) is 26.4. The summed E-state index contributed by atoms with van der Waals surface area (Å²) in [5.41, 5.74) is 21.3. The Morgan fingerprint density at radius 3 is 1.12 bits per heavy atom. The molecule has 0 aliphatic rings. The molecule has 6 aromatic carbocycles. The fourth-order valence-electron chi connectivity index (χ4n) is 11.7. The van der Waals surface area contributed by atoms with E-state index >= 15 is 0 Å². The molecule has 6 heterocycles. The Hall–Kier alpha value is -12.4. The number of hydrogen-bond acceptors (Lipinski definition) is 14. The zero-order valence-corrected chi connectivity index (χ0v) is 58.9. The lowest BCUT2D eigenvalue weighted by molar-refractivity contribution is 0.0511. The molecule has 0 unspecified atom stereocenters.